The minimum absolute atomic E-state index is 0.213. The van der Waals surface area contributed by atoms with Gasteiger partial charge in [0.15, 0.2) is 16.6 Å². The molecule has 4 rings (SSSR count). The summed E-state index contributed by atoms with van der Waals surface area (Å²) in [6.45, 7) is 1.28. The third kappa shape index (κ3) is 2.96. The fourth-order valence-corrected chi connectivity index (χ4v) is 3.58. The molecular weight excluding hydrogens is 326 g/mol. The van der Waals surface area contributed by atoms with E-state index in [-0.39, 0.29) is 5.91 Å². The smallest absolute Gasteiger partial charge is 0.271 e. The maximum Gasteiger partial charge on any atom is 0.271 e. The molecule has 3 aromatic rings. The minimum Gasteiger partial charge on any atom is -0.462 e. The molecule has 1 N–H and O–H groups in total. The third-order valence-corrected chi connectivity index (χ3v) is 4.92. The fraction of sp³-hybridized carbons (Fsp3) is 0.375. The highest BCUT2D eigenvalue weighted by Gasteiger charge is 2.17. The van der Waals surface area contributed by atoms with Gasteiger partial charge in [-0.25, -0.2) is 4.98 Å². The number of hydrogen-bond donors (Lipinski definition) is 1. The molecule has 24 heavy (non-hydrogen) atoms. The normalized spacial score (nSPS) is 14.2. The number of thiazole rings is 1. The summed E-state index contributed by atoms with van der Waals surface area (Å²) in [5.41, 5.74) is 0.391. The van der Waals surface area contributed by atoms with Crippen LogP contribution in [0, 0.1) is 0 Å². The molecule has 0 unspecified atom stereocenters. The van der Waals surface area contributed by atoms with Gasteiger partial charge in [0.05, 0.1) is 12.8 Å². The highest BCUT2D eigenvalue weighted by molar-refractivity contribution is 7.13. The molecule has 3 aromatic heterocycles. The van der Waals surface area contributed by atoms with Gasteiger partial charge >= 0.3 is 0 Å². The molecule has 8 heteroatoms. The maximum atomic E-state index is 12.3. The van der Waals surface area contributed by atoms with Crippen molar-refractivity contribution < 1.29 is 9.21 Å². The van der Waals surface area contributed by atoms with E-state index >= 15 is 0 Å². The maximum absolute atomic E-state index is 12.3. The number of hydrogen-bond acceptors (Lipinski definition) is 6. The molecule has 1 amide bonds. The van der Waals surface area contributed by atoms with Crippen molar-refractivity contribution in [3.8, 4) is 10.8 Å². The van der Waals surface area contributed by atoms with Crippen LogP contribution in [0.25, 0.3) is 10.8 Å². The van der Waals surface area contributed by atoms with Crippen LogP contribution in [0.5, 0.6) is 0 Å². The predicted molar refractivity (Wildman–Crippen MR) is 88.6 cm³/mol. The van der Waals surface area contributed by atoms with Crippen molar-refractivity contribution >= 4 is 17.2 Å². The molecule has 0 saturated carbocycles. The molecule has 0 fully saturated rings. The van der Waals surface area contributed by atoms with Gasteiger partial charge in [-0.2, -0.15) is 0 Å². The van der Waals surface area contributed by atoms with Gasteiger partial charge in [0, 0.05) is 18.3 Å². The molecule has 0 saturated heterocycles. The van der Waals surface area contributed by atoms with Crippen molar-refractivity contribution in [2.75, 3.05) is 0 Å². The second-order valence-electron chi connectivity index (χ2n) is 5.69. The minimum atomic E-state index is -0.213. The van der Waals surface area contributed by atoms with Gasteiger partial charge in [0.25, 0.3) is 5.91 Å². The zero-order valence-corrected chi connectivity index (χ0v) is 13.9. The number of carbonyl (C=O) groups excluding carboxylic acids is 1. The number of aryl methyl sites for hydroxylation is 1. The van der Waals surface area contributed by atoms with E-state index in [1.807, 2.05) is 6.07 Å². The van der Waals surface area contributed by atoms with Gasteiger partial charge in [0.2, 0.25) is 0 Å². The summed E-state index contributed by atoms with van der Waals surface area (Å²) in [7, 11) is 0. The molecule has 0 bridgehead atoms. The Balaban J connectivity index is 1.43. The molecule has 1 aliphatic heterocycles. The van der Waals surface area contributed by atoms with Crippen molar-refractivity contribution in [2.45, 2.75) is 38.8 Å². The first kappa shape index (κ1) is 15.1. The average Bonchev–Trinajstić information content (AvgIpc) is 3.31. The predicted octanol–water partition coefficient (Wildman–Crippen LogP) is 2.65. The Labute approximate surface area is 142 Å². The van der Waals surface area contributed by atoms with E-state index in [4.69, 9.17) is 4.42 Å². The van der Waals surface area contributed by atoms with E-state index < -0.39 is 0 Å². The van der Waals surface area contributed by atoms with Crippen LogP contribution in [-0.4, -0.2) is 25.7 Å². The summed E-state index contributed by atoms with van der Waals surface area (Å²) in [6.07, 6.45) is 6.04. The Hall–Kier alpha value is -2.48. The van der Waals surface area contributed by atoms with Crippen LogP contribution in [0.4, 0.5) is 0 Å². The van der Waals surface area contributed by atoms with Crippen LogP contribution in [0.15, 0.2) is 28.2 Å². The lowest BCUT2D eigenvalue weighted by atomic mass is 10.2. The Morgan fingerprint density at radius 3 is 3.17 bits per heavy atom. The largest absolute Gasteiger partial charge is 0.462 e. The lowest BCUT2D eigenvalue weighted by Crippen LogP contribution is -2.25. The second-order valence-corrected chi connectivity index (χ2v) is 6.55. The number of rotatable bonds is 4. The molecule has 0 radical (unpaired) electrons. The molecular formula is C16H17N5O2S. The lowest BCUT2D eigenvalue weighted by Gasteiger charge is -2.07. The zero-order valence-electron chi connectivity index (χ0n) is 13.1. The second kappa shape index (κ2) is 6.56. The first-order chi connectivity index (χ1) is 11.8. The molecule has 4 heterocycles. The highest BCUT2D eigenvalue weighted by atomic mass is 32.1. The first-order valence-corrected chi connectivity index (χ1v) is 8.88. The number of fused-ring (bicyclic) bond motifs is 1. The number of amides is 1. The quantitative estimate of drug-likeness (QED) is 0.787. The summed E-state index contributed by atoms with van der Waals surface area (Å²) in [6, 6.07) is 3.62. The van der Waals surface area contributed by atoms with Gasteiger partial charge in [-0.15, -0.1) is 21.5 Å². The topological polar surface area (TPSA) is 85.8 Å². The van der Waals surface area contributed by atoms with Crippen molar-refractivity contribution in [3.05, 3.63) is 41.1 Å². The van der Waals surface area contributed by atoms with Crippen molar-refractivity contribution in [2.24, 2.45) is 0 Å². The van der Waals surface area contributed by atoms with Crippen molar-refractivity contribution in [1.29, 1.82) is 0 Å². The zero-order chi connectivity index (χ0) is 16.4. The number of nitrogens with zero attached hydrogens (tertiary/aromatic N) is 4. The Kier molecular flexibility index (Phi) is 4.12. The SMILES string of the molecule is O=C(NCc1nnc2n1CCCCC2)c1csc(-c2ccco2)n1. The average molecular weight is 343 g/mol. The third-order valence-electron chi connectivity index (χ3n) is 4.06. The van der Waals surface area contributed by atoms with Gasteiger partial charge in [0.1, 0.15) is 11.5 Å². The van der Waals surface area contributed by atoms with E-state index in [0.29, 0.717) is 23.0 Å². The summed E-state index contributed by atoms with van der Waals surface area (Å²) in [4.78, 5) is 16.6. The summed E-state index contributed by atoms with van der Waals surface area (Å²) in [5.74, 6) is 2.28. The molecule has 124 valence electrons. The van der Waals surface area contributed by atoms with Gasteiger partial charge in [-0.1, -0.05) is 6.42 Å². The lowest BCUT2D eigenvalue weighted by molar-refractivity contribution is 0.0945. The van der Waals surface area contributed by atoms with Gasteiger partial charge < -0.3 is 14.3 Å². The van der Waals surface area contributed by atoms with Crippen molar-refractivity contribution in [3.63, 3.8) is 0 Å². The number of carbonyl (C=O) groups is 1. The van der Waals surface area contributed by atoms with Gasteiger partial charge in [-0.05, 0) is 25.0 Å². The Bertz CT molecular complexity index is 837. The van der Waals surface area contributed by atoms with E-state index in [2.05, 4.69) is 25.1 Å². The summed E-state index contributed by atoms with van der Waals surface area (Å²) in [5, 5.41) is 13.8. The summed E-state index contributed by atoms with van der Waals surface area (Å²) < 4.78 is 7.43. The van der Waals surface area contributed by atoms with Gasteiger partial charge in [-0.3, -0.25) is 4.79 Å². The van der Waals surface area contributed by atoms with Crippen molar-refractivity contribution in [1.82, 2.24) is 25.1 Å². The van der Waals surface area contributed by atoms with Crippen LogP contribution in [0.3, 0.4) is 0 Å². The summed E-state index contributed by atoms with van der Waals surface area (Å²) >= 11 is 1.39. The number of nitrogens with one attached hydrogen (secondary N) is 1. The Morgan fingerprint density at radius 1 is 1.33 bits per heavy atom. The molecule has 0 spiro atoms. The van der Waals surface area contributed by atoms with E-state index in [1.165, 1.54) is 17.8 Å². The van der Waals surface area contributed by atoms with E-state index in [0.717, 1.165) is 37.5 Å². The van der Waals surface area contributed by atoms with Crippen LogP contribution in [0.2, 0.25) is 0 Å². The molecule has 7 nitrogen and oxygen atoms in total. The van der Waals surface area contributed by atoms with Crippen LogP contribution in [-0.2, 0) is 19.5 Å². The Morgan fingerprint density at radius 2 is 2.29 bits per heavy atom. The van der Waals surface area contributed by atoms with E-state index in [9.17, 15) is 4.79 Å². The number of aromatic nitrogens is 4. The molecule has 0 aliphatic carbocycles. The van der Waals surface area contributed by atoms with Crippen LogP contribution >= 0.6 is 11.3 Å². The molecule has 1 aliphatic rings. The van der Waals surface area contributed by atoms with Crippen LogP contribution in [0.1, 0.15) is 41.4 Å². The first-order valence-electron chi connectivity index (χ1n) is 8.00. The fourth-order valence-electron chi connectivity index (χ4n) is 2.82. The monoisotopic (exact) mass is 343 g/mol. The standard InChI is InChI=1S/C16H17N5O2S/c22-15(11-10-24-16(18-11)12-5-4-8-23-12)17-9-14-20-19-13-6-2-1-3-7-21(13)14/h4-5,8,10H,1-3,6-7,9H2,(H,17,22). The molecule has 0 atom stereocenters. The number of furan rings is 1. The van der Waals surface area contributed by atoms with Crippen LogP contribution < -0.4 is 5.32 Å². The van der Waals surface area contributed by atoms with E-state index in [1.54, 1.807) is 17.7 Å². The highest BCUT2D eigenvalue weighted by Crippen LogP contribution is 2.23. The molecule has 0 aromatic carbocycles.